The van der Waals surface area contributed by atoms with Gasteiger partial charge < -0.3 is 9.80 Å². The molecule has 3 aliphatic rings. The van der Waals surface area contributed by atoms with E-state index in [1.807, 2.05) is 0 Å². The monoisotopic (exact) mass is 717 g/mol. The maximum atomic E-state index is 13.8. The van der Waals surface area contributed by atoms with Crippen LogP contribution in [0.2, 0.25) is 0 Å². The van der Waals surface area contributed by atoms with Crippen molar-refractivity contribution in [1.29, 1.82) is 0 Å². The second-order valence-electron chi connectivity index (χ2n) is 12.3. The van der Waals surface area contributed by atoms with E-state index >= 15 is 0 Å². The van der Waals surface area contributed by atoms with Gasteiger partial charge in [-0.05, 0) is 35.0 Å². The Morgan fingerprint density at radius 3 is 1.74 bits per heavy atom. The lowest BCUT2D eigenvalue weighted by molar-refractivity contribution is -0.555. The molecule has 14 nitrogen and oxygen atoms in total. The van der Waals surface area contributed by atoms with E-state index in [0.29, 0.717) is 27.5 Å². The third-order valence-electron chi connectivity index (χ3n) is 8.86. The first-order valence-electron chi connectivity index (χ1n) is 15.2. The molecule has 0 aromatic heterocycles. The number of hydroxylamine groups is 2. The van der Waals surface area contributed by atoms with Gasteiger partial charge in [0.05, 0.1) is 15.9 Å². The van der Waals surface area contributed by atoms with Crippen molar-refractivity contribution in [3.8, 4) is 0 Å². The summed E-state index contributed by atoms with van der Waals surface area (Å²) in [6, 6.07) is 19.3. The van der Waals surface area contributed by atoms with Crippen molar-refractivity contribution in [1.82, 2.24) is 5.06 Å². The van der Waals surface area contributed by atoms with Gasteiger partial charge in [-0.2, -0.15) is 21.0 Å². The maximum absolute atomic E-state index is 13.8. The summed E-state index contributed by atoms with van der Waals surface area (Å²) < 4.78 is 65.7. The predicted molar refractivity (Wildman–Crippen MR) is 181 cm³/mol. The third-order valence-corrected chi connectivity index (χ3v) is 11.4. The lowest BCUT2D eigenvalue weighted by Gasteiger charge is -2.20. The van der Waals surface area contributed by atoms with Gasteiger partial charge in [-0.3, -0.25) is 14.4 Å². The highest BCUT2D eigenvalue weighted by atomic mass is 32.2. The molecule has 0 fully saturated rings. The number of anilines is 2. The summed E-state index contributed by atoms with van der Waals surface area (Å²) in [6.07, 6.45) is -1.84. The minimum Gasteiger partial charge on any atom is -0.377 e. The van der Waals surface area contributed by atoms with Crippen molar-refractivity contribution in [2.24, 2.45) is 5.92 Å². The Morgan fingerprint density at radius 1 is 0.720 bits per heavy atom. The highest BCUT2D eigenvalue weighted by Crippen LogP contribution is 2.45. The largest absolute Gasteiger partial charge is 0.377 e. The average molecular weight is 718 g/mol. The summed E-state index contributed by atoms with van der Waals surface area (Å²) in [4.78, 5) is 56.8. The summed E-state index contributed by atoms with van der Waals surface area (Å²) in [7, 11) is -2.63. The van der Waals surface area contributed by atoms with Gasteiger partial charge in [-0.25, -0.2) is 0 Å². The number of hydrogen-bond donors (Lipinski definition) is 0. The van der Waals surface area contributed by atoms with Crippen molar-refractivity contribution in [3.63, 3.8) is 0 Å². The van der Waals surface area contributed by atoms with Crippen LogP contribution >= 0.6 is 0 Å². The smallest absolute Gasteiger partial charge is 0.339 e. The van der Waals surface area contributed by atoms with Crippen molar-refractivity contribution < 1.29 is 44.4 Å². The van der Waals surface area contributed by atoms with Gasteiger partial charge in [0.25, 0.3) is 11.8 Å². The second kappa shape index (κ2) is 11.7. The first kappa shape index (κ1) is 33.2. The number of hydrogen-bond acceptors (Lipinski definition) is 12. The van der Waals surface area contributed by atoms with Crippen molar-refractivity contribution in [2.45, 2.75) is 22.4 Å². The molecule has 2 atom stereocenters. The Morgan fingerprint density at radius 2 is 1.22 bits per heavy atom. The minimum atomic E-state index is -4.83. The molecule has 2 heterocycles. The summed E-state index contributed by atoms with van der Waals surface area (Å²) in [5.74, 6) is -4.79. The maximum Gasteiger partial charge on any atom is 0.339 e. The van der Waals surface area contributed by atoms with Crippen LogP contribution in [0.5, 0.6) is 0 Å². The van der Waals surface area contributed by atoms with E-state index in [1.165, 1.54) is 24.3 Å². The second-order valence-corrected chi connectivity index (χ2v) is 15.4. The number of nitrogens with zero attached hydrogens (tertiary/aromatic N) is 4. The lowest BCUT2D eigenvalue weighted by Crippen LogP contribution is -2.37. The zero-order valence-electron chi connectivity index (χ0n) is 27.1. The van der Waals surface area contributed by atoms with E-state index in [-0.39, 0.29) is 36.1 Å². The summed E-state index contributed by atoms with van der Waals surface area (Å²) >= 11 is 0. The van der Waals surface area contributed by atoms with Crippen LogP contribution in [0.25, 0.3) is 21.5 Å². The molecule has 2 unspecified atom stereocenters. The van der Waals surface area contributed by atoms with E-state index in [4.69, 9.17) is 8.47 Å². The van der Waals surface area contributed by atoms with Gasteiger partial charge in [0.2, 0.25) is 6.20 Å². The molecule has 4 aromatic carbocycles. The number of fused-ring (bicyclic) bond motifs is 4. The van der Waals surface area contributed by atoms with Gasteiger partial charge >= 0.3 is 26.5 Å². The van der Waals surface area contributed by atoms with E-state index in [9.17, 15) is 36.1 Å². The van der Waals surface area contributed by atoms with Gasteiger partial charge in [0, 0.05) is 67.2 Å². The molecule has 0 saturated heterocycles. The number of amides is 2. The fraction of sp³-hybridized carbons (Fsp3) is 0.206. The van der Waals surface area contributed by atoms with Gasteiger partial charge in [-0.1, -0.05) is 48.5 Å². The number of ketones is 1. The molecule has 7 rings (SSSR count). The van der Waals surface area contributed by atoms with Crippen LogP contribution in [0.1, 0.15) is 6.42 Å². The topological polar surface area (TPSA) is 168 Å². The zero-order valence-corrected chi connectivity index (χ0v) is 28.7. The van der Waals surface area contributed by atoms with E-state index in [2.05, 4.69) is 0 Å². The lowest BCUT2D eigenvalue weighted by atomic mass is 9.80. The number of Topliss-reactive ketones (excluding diaryl/α,β-unsaturated/α-hetero) is 1. The molecule has 4 aromatic rings. The van der Waals surface area contributed by atoms with Crippen LogP contribution in [-0.4, -0.2) is 78.7 Å². The summed E-state index contributed by atoms with van der Waals surface area (Å²) in [5, 5.41) is 1.81. The van der Waals surface area contributed by atoms with Crippen molar-refractivity contribution in [3.05, 3.63) is 101 Å². The molecule has 16 heteroatoms. The SMILES string of the molecule is CN(C)c1cccc2cccc(S(=O)(=O)OC3C4C(=O)CC5=C(C(=O)N(OS(=O)(=O)c6cccc7cccc(N(C)C)c67)C5=O)C4=C[N+]3=O)c12. The van der Waals surface area contributed by atoms with Crippen LogP contribution < -0.4 is 9.80 Å². The standard InChI is InChI=1S/C34H29N4O10S2/c1-35(2)23-13-5-9-19-11-7-15-26(28(19)23)49(43,44)47-34-31-22(18-37(34)42)30-21(17-25(31)39)32(40)38(33(30)41)48-50(45,46)27-16-8-12-20-10-6-14-24(29(20)27)36(3)4/h5-16,18,31,34H,17H2,1-4H3/q+1. The van der Waals surface area contributed by atoms with Gasteiger partial charge in [0.1, 0.15) is 15.7 Å². The number of carbonyl (C=O) groups is 3. The Hall–Kier alpha value is -5.29. The molecule has 0 radical (unpaired) electrons. The number of nitroso groups, excluding NO2 is 1. The number of carbonyl (C=O) groups excluding carboxylic acids is 3. The molecule has 0 N–H and O–H groups in total. The van der Waals surface area contributed by atoms with Gasteiger partial charge in [0.15, 0.2) is 5.78 Å². The Labute approximate surface area is 286 Å². The summed E-state index contributed by atoms with van der Waals surface area (Å²) in [5.41, 5.74) is 0.00593. The minimum absolute atomic E-state index is 0.0482. The molecule has 0 bridgehead atoms. The van der Waals surface area contributed by atoms with Crippen LogP contribution in [0.4, 0.5) is 11.4 Å². The molecule has 2 aliphatic heterocycles. The molecule has 2 amide bonds. The van der Waals surface area contributed by atoms with E-state index < -0.39 is 62.0 Å². The highest BCUT2D eigenvalue weighted by molar-refractivity contribution is 7.87. The predicted octanol–water partition coefficient (Wildman–Crippen LogP) is 3.41. The molecule has 0 spiro atoms. The van der Waals surface area contributed by atoms with Crippen LogP contribution in [0.3, 0.4) is 0 Å². The first-order chi connectivity index (χ1) is 23.6. The van der Waals surface area contributed by atoms with Crippen LogP contribution in [-0.2, 0) is 43.1 Å². The van der Waals surface area contributed by atoms with E-state index in [0.717, 1.165) is 6.20 Å². The third kappa shape index (κ3) is 5.10. The Balaban J connectivity index is 1.21. The number of benzene rings is 4. The van der Waals surface area contributed by atoms with Gasteiger partial charge in [-0.15, -0.1) is 9.35 Å². The number of imide groups is 1. The fourth-order valence-corrected chi connectivity index (χ4v) is 9.07. The molecular formula is C34H29N4O10S2+. The van der Waals surface area contributed by atoms with Crippen LogP contribution in [0.15, 0.2) is 106 Å². The van der Waals surface area contributed by atoms with E-state index in [1.54, 1.807) is 86.5 Å². The molecule has 50 heavy (non-hydrogen) atoms. The number of rotatable bonds is 8. The Bertz CT molecular complexity index is 2500. The summed E-state index contributed by atoms with van der Waals surface area (Å²) in [6.45, 7) is 0. The fourth-order valence-electron chi connectivity index (χ4n) is 6.66. The quantitative estimate of drug-likeness (QED) is 0.148. The molecule has 1 aliphatic carbocycles. The Kier molecular flexibility index (Phi) is 7.74. The first-order valence-corrected chi connectivity index (χ1v) is 18.0. The average Bonchev–Trinajstić information content (AvgIpc) is 3.51. The molecular weight excluding hydrogens is 689 g/mol. The highest BCUT2D eigenvalue weighted by Gasteiger charge is 2.59. The molecule has 0 saturated carbocycles. The normalized spacial score (nSPS) is 19.4. The van der Waals surface area contributed by atoms with Crippen molar-refractivity contribution in [2.75, 3.05) is 38.0 Å². The zero-order chi connectivity index (χ0) is 35.9. The molecule has 256 valence electrons. The van der Waals surface area contributed by atoms with Crippen LogP contribution in [0, 0.1) is 10.8 Å². The van der Waals surface area contributed by atoms with Crippen molar-refractivity contribution >= 4 is 70.8 Å².